The lowest BCUT2D eigenvalue weighted by Gasteiger charge is -2.18. The maximum atomic E-state index is 12.2. The SMILES string of the molecule is COCCN1CC(NC(=O)OCc2ccccc2)C(c2cnco2)C1. The van der Waals surface area contributed by atoms with E-state index in [1.54, 1.807) is 13.3 Å². The molecule has 7 heteroatoms. The molecule has 0 spiro atoms. The molecule has 1 saturated heterocycles. The Morgan fingerprint density at radius 3 is 2.92 bits per heavy atom. The predicted octanol–water partition coefficient (Wildman–Crippen LogP) is 2.02. The number of rotatable bonds is 7. The summed E-state index contributed by atoms with van der Waals surface area (Å²) in [6.07, 6.45) is 2.69. The molecule has 134 valence electrons. The minimum Gasteiger partial charge on any atom is -0.448 e. The summed E-state index contributed by atoms with van der Waals surface area (Å²) < 4.78 is 15.9. The van der Waals surface area contributed by atoms with Crippen molar-refractivity contribution in [3.8, 4) is 0 Å². The largest absolute Gasteiger partial charge is 0.448 e. The summed E-state index contributed by atoms with van der Waals surface area (Å²) in [5.74, 6) is 0.817. The Hall–Kier alpha value is -2.38. The molecule has 1 N–H and O–H groups in total. The van der Waals surface area contributed by atoms with E-state index in [1.807, 2.05) is 30.3 Å². The van der Waals surface area contributed by atoms with Crippen LogP contribution in [0, 0.1) is 0 Å². The molecule has 1 aromatic heterocycles. The smallest absolute Gasteiger partial charge is 0.407 e. The number of aromatic nitrogens is 1. The number of amides is 1. The maximum Gasteiger partial charge on any atom is 0.407 e. The van der Waals surface area contributed by atoms with Gasteiger partial charge in [0.2, 0.25) is 0 Å². The normalized spacial score (nSPS) is 20.5. The van der Waals surface area contributed by atoms with Gasteiger partial charge in [-0.1, -0.05) is 30.3 Å². The highest BCUT2D eigenvalue weighted by Gasteiger charge is 2.36. The van der Waals surface area contributed by atoms with Crippen LogP contribution < -0.4 is 5.32 Å². The number of hydrogen-bond donors (Lipinski definition) is 1. The Labute approximate surface area is 146 Å². The van der Waals surface area contributed by atoms with Crippen LogP contribution in [0.4, 0.5) is 4.79 Å². The molecule has 2 atom stereocenters. The predicted molar refractivity (Wildman–Crippen MR) is 91.1 cm³/mol. The van der Waals surface area contributed by atoms with Crippen LogP contribution >= 0.6 is 0 Å². The Bertz CT molecular complexity index is 648. The van der Waals surface area contributed by atoms with E-state index in [9.17, 15) is 4.79 Å². The molecular formula is C18H23N3O4. The highest BCUT2D eigenvalue weighted by Crippen LogP contribution is 2.27. The van der Waals surface area contributed by atoms with Crippen molar-refractivity contribution in [3.63, 3.8) is 0 Å². The van der Waals surface area contributed by atoms with Crippen LogP contribution in [-0.4, -0.2) is 55.4 Å². The lowest BCUT2D eigenvalue weighted by Crippen LogP contribution is -2.40. The van der Waals surface area contributed by atoms with Gasteiger partial charge in [0.15, 0.2) is 6.39 Å². The van der Waals surface area contributed by atoms with Crippen molar-refractivity contribution in [1.29, 1.82) is 0 Å². The molecule has 1 aromatic carbocycles. The second-order valence-corrected chi connectivity index (χ2v) is 6.08. The highest BCUT2D eigenvalue weighted by atomic mass is 16.5. The number of hydrogen-bond acceptors (Lipinski definition) is 6. The Morgan fingerprint density at radius 2 is 2.20 bits per heavy atom. The van der Waals surface area contributed by atoms with E-state index in [0.717, 1.165) is 31.0 Å². The van der Waals surface area contributed by atoms with E-state index in [0.29, 0.717) is 6.61 Å². The van der Waals surface area contributed by atoms with Gasteiger partial charge in [-0.2, -0.15) is 0 Å². The summed E-state index contributed by atoms with van der Waals surface area (Å²) in [6, 6.07) is 9.52. The fraction of sp³-hybridized carbons (Fsp3) is 0.444. The van der Waals surface area contributed by atoms with Gasteiger partial charge in [-0.25, -0.2) is 9.78 Å². The molecule has 2 heterocycles. The number of nitrogens with zero attached hydrogens (tertiary/aromatic N) is 2. The standard InChI is InChI=1S/C18H23N3O4/c1-23-8-7-21-10-15(17-9-19-13-25-17)16(11-21)20-18(22)24-12-14-5-3-2-4-6-14/h2-6,9,13,15-16H,7-8,10-12H2,1H3,(H,20,22). The number of ether oxygens (including phenoxy) is 2. The van der Waals surface area contributed by atoms with Gasteiger partial charge < -0.3 is 19.2 Å². The number of likely N-dealkylation sites (tertiary alicyclic amines) is 1. The second-order valence-electron chi connectivity index (χ2n) is 6.08. The third-order valence-corrected chi connectivity index (χ3v) is 4.34. The minimum atomic E-state index is -0.424. The minimum absolute atomic E-state index is 0.0450. The molecule has 0 radical (unpaired) electrons. The summed E-state index contributed by atoms with van der Waals surface area (Å²) in [4.78, 5) is 18.4. The molecule has 7 nitrogen and oxygen atoms in total. The lowest BCUT2D eigenvalue weighted by molar-refractivity contribution is 0.134. The number of carbonyl (C=O) groups excluding carboxylic acids is 1. The first-order chi connectivity index (χ1) is 12.3. The number of oxazole rings is 1. The zero-order valence-corrected chi connectivity index (χ0v) is 14.3. The second kappa shape index (κ2) is 8.64. The van der Waals surface area contributed by atoms with Crippen molar-refractivity contribution < 1.29 is 18.7 Å². The molecular weight excluding hydrogens is 322 g/mol. The van der Waals surface area contributed by atoms with E-state index in [-0.39, 0.29) is 18.6 Å². The molecule has 2 unspecified atom stereocenters. The van der Waals surface area contributed by atoms with Crippen LogP contribution in [0.1, 0.15) is 17.2 Å². The number of alkyl carbamates (subject to hydrolysis) is 1. The van der Waals surface area contributed by atoms with Crippen molar-refractivity contribution in [2.24, 2.45) is 0 Å². The summed E-state index contributed by atoms with van der Waals surface area (Å²) in [5.41, 5.74) is 0.956. The number of methoxy groups -OCH3 is 1. The third-order valence-electron chi connectivity index (χ3n) is 4.34. The van der Waals surface area contributed by atoms with E-state index in [4.69, 9.17) is 13.9 Å². The van der Waals surface area contributed by atoms with Crippen LogP contribution in [0.3, 0.4) is 0 Å². The van der Waals surface area contributed by atoms with Gasteiger partial charge in [-0.3, -0.25) is 4.90 Å². The van der Waals surface area contributed by atoms with E-state index >= 15 is 0 Å². The molecule has 25 heavy (non-hydrogen) atoms. The quantitative estimate of drug-likeness (QED) is 0.827. The van der Waals surface area contributed by atoms with E-state index in [1.165, 1.54) is 6.39 Å². The van der Waals surface area contributed by atoms with Crippen molar-refractivity contribution >= 4 is 6.09 Å². The van der Waals surface area contributed by atoms with Crippen molar-refractivity contribution in [3.05, 3.63) is 54.2 Å². The summed E-state index contributed by atoms with van der Waals surface area (Å²) in [7, 11) is 1.68. The third kappa shape index (κ3) is 4.80. The molecule has 0 bridgehead atoms. The lowest BCUT2D eigenvalue weighted by atomic mass is 10.0. The Morgan fingerprint density at radius 1 is 1.36 bits per heavy atom. The summed E-state index contributed by atoms with van der Waals surface area (Å²) in [5, 5.41) is 2.96. The van der Waals surface area contributed by atoms with Crippen LogP contribution in [0.15, 0.2) is 47.3 Å². The first-order valence-corrected chi connectivity index (χ1v) is 8.33. The Kier molecular flexibility index (Phi) is 6.03. The Balaban J connectivity index is 1.57. The van der Waals surface area contributed by atoms with Gasteiger partial charge in [-0.05, 0) is 5.56 Å². The first-order valence-electron chi connectivity index (χ1n) is 8.33. The van der Waals surface area contributed by atoms with Gasteiger partial charge in [0.25, 0.3) is 0 Å². The molecule has 2 aromatic rings. The first kappa shape index (κ1) is 17.4. The molecule has 1 amide bonds. The zero-order valence-electron chi connectivity index (χ0n) is 14.3. The zero-order chi connectivity index (χ0) is 17.5. The van der Waals surface area contributed by atoms with E-state index < -0.39 is 6.09 Å². The number of benzene rings is 1. The molecule has 0 aliphatic carbocycles. The number of nitrogens with one attached hydrogen (secondary N) is 1. The molecule has 0 saturated carbocycles. The van der Waals surface area contributed by atoms with E-state index in [2.05, 4.69) is 15.2 Å². The van der Waals surface area contributed by atoms with Gasteiger partial charge >= 0.3 is 6.09 Å². The highest BCUT2D eigenvalue weighted by molar-refractivity contribution is 5.68. The molecule has 3 rings (SSSR count). The fourth-order valence-corrected chi connectivity index (χ4v) is 3.05. The molecule has 1 aliphatic rings. The maximum absolute atomic E-state index is 12.2. The van der Waals surface area contributed by atoms with Crippen LogP contribution in [0.2, 0.25) is 0 Å². The molecule has 1 aliphatic heterocycles. The molecule has 1 fully saturated rings. The van der Waals surface area contributed by atoms with Crippen LogP contribution in [0.5, 0.6) is 0 Å². The van der Waals surface area contributed by atoms with Gasteiger partial charge in [0.05, 0.1) is 24.8 Å². The summed E-state index contributed by atoms with van der Waals surface area (Å²) in [6.45, 7) is 3.20. The van der Waals surface area contributed by atoms with Crippen LogP contribution in [-0.2, 0) is 16.1 Å². The van der Waals surface area contributed by atoms with Crippen molar-refractivity contribution in [2.45, 2.75) is 18.6 Å². The summed E-state index contributed by atoms with van der Waals surface area (Å²) >= 11 is 0. The monoisotopic (exact) mass is 345 g/mol. The van der Waals surface area contributed by atoms with Crippen molar-refractivity contribution in [1.82, 2.24) is 15.2 Å². The topological polar surface area (TPSA) is 76.8 Å². The average Bonchev–Trinajstić information content (AvgIpc) is 3.29. The van der Waals surface area contributed by atoms with Gasteiger partial charge in [-0.15, -0.1) is 0 Å². The van der Waals surface area contributed by atoms with Gasteiger partial charge in [0, 0.05) is 26.7 Å². The van der Waals surface area contributed by atoms with Crippen LogP contribution in [0.25, 0.3) is 0 Å². The fourth-order valence-electron chi connectivity index (χ4n) is 3.05. The number of carbonyl (C=O) groups is 1. The van der Waals surface area contributed by atoms with Gasteiger partial charge in [0.1, 0.15) is 12.4 Å². The van der Waals surface area contributed by atoms with Crippen molar-refractivity contribution in [2.75, 3.05) is 33.4 Å². The average molecular weight is 345 g/mol.